The summed E-state index contributed by atoms with van der Waals surface area (Å²) in [6.45, 7) is 4.14. The van der Waals surface area contributed by atoms with Crippen LogP contribution in [0.2, 0.25) is 0 Å². The Morgan fingerprint density at radius 3 is 2.20 bits per heavy atom. The van der Waals surface area contributed by atoms with Gasteiger partial charge in [-0.05, 0) is 12.8 Å². The maximum absolute atomic E-state index is 5.30. The van der Waals surface area contributed by atoms with Crippen molar-refractivity contribution in [1.82, 2.24) is 10.9 Å². The number of hydrogen-bond donors (Lipinski definition) is 2. The Balaban J connectivity index is 1.98. The average molecular weight is 142 g/mol. The van der Waals surface area contributed by atoms with Crippen molar-refractivity contribution in [3.63, 3.8) is 0 Å². The van der Waals surface area contributed by atoms with E-state index in [0.717, 1.165) is 26.3 Å². The van der Waals surface area contributed by atoms with E-state index in [0.29, 0.717) is 5.41 Å². The minimum absolute atomic E-state index is 0.526. The number of nitrogens with one attached hydrogen (secondary N) is 2. The van der Waals surface area contributed by atoms with Gasteiger partial charge in [-0.2, -0.15) is 0 Å². The third kappa shape index (κ3) is 1.05. The number of hydrazine groups is 1. The fraction of sp³-hybridized carbons (Fsp3) is 1.00. The van der Waals surface area contributed by atoms with Gasteiger partial charge in [0.2, 0.25) is 0 Å². The van der Waals surface area contributed by atoms with Crippen LogP contribution < -0.4 is 10.9 Å². The minimum atomic E-state index is 0.526. The van der Waals surface area contributed by atoms with Gasteiger partial charge in [0.05, 0.1) is 0 Å². The fourth-order valence-corrected chi connectivity index (χ4v) is 1.72. The summed E-state index contributed by atoms with van der Waals surface area (Å²) in [6, 6.07) is 0. The lowest BCUT2D eigenvalue weighted by atomic mass is 9.81. The van der Waals surface area contributed by atoms with Crippen molar-refractivity contribution in [2.24, 2.45) is 5.41 Å². The van der Waals surface area contributed by atoms with Gasteiger partial charge in [-0.3, -0.25) is 10.9 Å². The summed E-state index contributed by atoms with van der Waals surface area (Å²) in [5.74, 6) is 0. The molecule has 0 radical (unpaired) electrons. The molecule has 10 heavy (non-hydrogen) atoms. The van der Waals surface area contributed by atoms with E-state index in [1.54, 1.807) is 0 Å². The minimum Gasteiger partial charge on any atom is -0.381 e. The molecular weight excluding hydrogens is 128 g/mol. The van der Waals surface area contributed by atoms with E-state index in [9.17, 15) is 0 Å². The Bertz CT molecular complexity index is 113. The molecule has 3 nitrogen and oxygen atoms in total. The summed E-state index contributed by atoms with van der Waals surface area (Å²) in [7, 11) is 0. The van der Waals surface area contributed by atoms with Crippen molar-refractivity contribution in [1.29, 1.82) is 0 Å². The molecule has 2 rings (SSSR count). The molecule has 2 fully saturated rings. The highest BCUT2D eigenvalue weighted by Gasteiger charge is 2.35. The van der Waals surface area contributed by atoms with Crippen LogP contribution in [0.4, 0.5) is 0 Å². The lowest BCUT2D eigenvalue weighted by Gasteiger charge is -2.31. The van der Waals surface area contributed by atoms with E-state index in [4.69, 9.17) is 4.74 Å². The highest BCUT2D eigenvalue weighted by atomic mass is 16.5. The van der Waals surface area contributed by atoms with E-state index >= 15 is 0 Å². The van der Waals surface area contributed by atoms with Crippen molar-refractivity contribution < 1.29 is 4.74 Å². The molecule has 0 amide bonds. The molecule has 0 saturated carbocycles. The largest absolute Gasteiger partial charge is 0.381 e. The van der Waals surface area contributed by atoms with Crippen molar-refractivity contribution in [2.75, 3.05) is 26.3 Å². The van der Waals surface area contributed by atoms with Crippen LogP contribution in [0.5, 0.6) is 0 Å². The monoisotopic (exact) mass is 142 g/mol. The van der Waals surface area contributed by atoms with Gasteiger partial charge < -0.3 is 4.74 Å². The lowest BCUT2D eigenvalue weighted by molar-refractivity contribution is 0.0297. The SMILES string of the molecule is C1CC2(CCO1)CNNC2. The van der Waals surface area contributed by atoms with Crippen molar-refractivity contribution in [3.05, 3.63) is 0 Å². The molecule has 0 bridgehead atoms. The molecule has 2 heterocycles. The van der Waals surface area contributed by atoms with Crippen LogP contribution in [0.15, 0.2) is 0 Å². The second-order valence-electron chi connectivity index (χ2n) is 3.32. The van der Waals surface area contributed by atoms with Crippen molar-refractivity contribution >= 4 is 0 Å². The van der Waals surface area contributed by atoms with E-state index < -0.39 is 0 Å². The van der Waals surface area contributed by atoms with Crippen LogP contribution in [0.25, 0.3) is 0 Å². The molecule has 0 unspecified atom stereocenters. The summed E-state index contributed by atoms with van der Waals surface area (Å²) in [4.78, 5) is 0. The number of ether oxygens (including phenoxy) is 1. The highest BCUT2D eigenvalue weighted by molar-refractivity contribution is 4.88. The normalized spacial score (nSPS) is 31.2. The van der Waals surface area contributed by atoms with Crippen LogP contribution >= 0.6 is 0 Å². The summed E-state index contributed by atoms with van der Waals surface area (Å²) in [5.41, 5.74) is 6.88. The predicted octanol–water partition coefficient (Wildman–Crippen LogP) is -0.109. The van der Waals surface area contributed by atoms with Crippen molar-refractivity contribution in [2.45, 2.75) is 12.8 Å². The topological polar surface area (TPSA) is 33.3 Å². The van der Waals surface area contributed by atoms with Crippen LogP contribution in [-0.4, -0.2) is 26.3 Å². The summed E-state index contributed by atoms with van der Waals surface area (Å²) < 4.78 is 5.30. The molecule has 58 valence electrons. The van der Waals surface area contributed by atoms with Gasteiger partial charge in [0.1, 0.15) is 0 Å². The second-order valence-corrected chi connectivity index (χ2v) is 3.32. The Hall–Kier alpha value is -0.120. The van der Waals surface area contributed by atoms with Gasteiger partial charge in [0, 0.05) is 31.7 Å². The Morgan fingerprint density at radius 1 is 1.00 bits per heavy atom. The Morgan fingerprint density at radius 2 is 1.60 bits per heavy atom. The molecule has 0 aromatic rings. The summed E-state index contributed by atoms with van der Waals surface area (Å²) in [6.07, 6.45) is 2.43. The van der Waals surface area contributed by atoms with E-state index in [1.165, 1.54) is 12.8 Å². The van der Waals surface area contributed by atoms with Gasteiger partial charge in [-0.15, -0.1) is 0 Å². The third-order valence-corrected chi connectivity index (χ3v) is 2.61. The first kappa shape index (κ1) is 6.58. The molecule has 3 heteroatoms. The molecular formula is C7H14N2O. The first-order chi connectivity index (χ1) is 4.91. The lowest BCUT2D eigenvalue weighted by Crippen LogP contribution is -2.33. The predicted molar refractivity (Wildman–Crippen MR) is 38.5 cm³/mol. The number of rotatable bonds is 0. The standard InChI is InChI=1S/C7H14N2O/c1-3-10-4-2-7(1)5-8-9-6-7/h8-9H,1-6H2. The third-order valence-electron chi connectivity index (χ3n) is 2.61. The van der Waals surface area contributed by atoms with E-state index in [-0.39, 0.29) is 0 Å². The van der Waals surface area contributed by atoms with Gasteiger partial charge in [0.25, 0.3) is 0 Å². The second kappa shape index (κ2) is 2.49. The van der Waals surface area contributed by atoms with E-state index in [1.807, 2.05) is 0 Å². The van der Waals surface area contributed by atoms with Crippen LogP contribution in [-0.2, 0) is 4.74 Å². The molecule has 0 atom stereocenters. The summed E-state index contributed by atoms with van der Waals surface area (Å²) >= 11 is 0. The molecule has 1 spiro atoms. The van der Waals surface area contributed by atoms with Crippen LogP contribution in [0, 0.1) is 5.41 Å². The molecule has 0 aromatic carbocycles. The maximum Gasteiger partial charge on any atom is 0.0472 e. The summed E-state index contributed by atoms with van der Waals surface area (Å²) in [5, 5.41) is 0. The first-order valence-corrected chi connectivity index (χ1v) is 3.95. The quantitative estimate of drug-likeness (QED) is 0.495. The van der Waals surface area contributed by atoms with Gasteiger partial charge >= 0.3 is 0 Å². The van der Waals surface area contributed by atoms with Crippen LogP contribution in [0.3, 0.4) is 0 Å². The average Bonchev–Trinajstić information content (AvgIpc) is 2.39. The molecule has 2 aliphatic rings. The van der Waals surface area contributed by atoms with Crippen LogP contribution in [0.1, 0.15) is 12.8 Å². The Kier molecular flexibility index (Phi) is 1.64. The fourth-order valence-electron chi connectivity index (χ4n) is 1.72. The maximum atomic E-state index is 5.30. The zero-order chi connectivity index (χ0) is 6.86. The van der Waals surface area contributed by atoms with Gasteiger partial charge in [-0.25, -0.2) is 0 Å². The molecule has 2 N–H and O–H groups in total. The van der Waals surface area contributed by atoms with E-state index in [2.05, 4.69) is 10.9 Å². The Labute approximate surface area is 61.1 Å². The molecule has 2 aliphatic heterocycles. The van der Waals surface area contributed by atoms with Gasteiger partial charge in [-0.1, -0.05) is 0 Å². The zero-order valence-corrected chi connectivity index (χ0v) is 6.15. The zero-order valence-electron chi connectivity index (χ0n) is 6.15. The number of hydrogen-bond acceptors (Lipinski definition) is 3. The van der Waals surface area contributed by atoms with Gasteiger partial charge in [0.15, 0.2) is 0 Å². The van der Waals surface area contributed by atoms with Crippen molar-refractivity contribution in [3.8, 4) is 0 Å². The smallest absolute Gasteiger partial charge is 0.0472 e. The molecule has 0 aliphatic carbocycles. The molecule has 2 saturated heterocycles. The first-order valence-electron chi connectivity index (χ1n) is 3.95. The highest BCUT2D eigenvalue weighted by Crippen LogP contribution is 2.30. The molecule has 0 aromatic heterocycles.